The Kier molecular flexibility index (Phi) is 7.51. The van der Waals surface area contributed by atoms with Crippen LogP contribution in [-0.4, -0.2) is 15.9 Å². The highest BCUT2D eigenvalue weighted by Gasteiger charge is 2.34. The van der Waals surface area contributed by atoms with Gasteiger partial charge in [0.1, 0.15) is 23.1 Å². The van der Waals surface area contributed by atoms with E-state index < -0.39 is 17.8 Å². The Bertz CT molecular complexity index is 1430. The number of nitrogens with zero attached hydrogens (tertiary/aromatic N) is 3. The minimum Gasteiger partial charge on any atom is -0.450 e. The molecule has 0 aliphatic carbocycles. The topological polar surface area (TPSA) is 91.8 Å². The van der Waals surface area contributed by atoms with Crippen LogP contribution in [0.2, 0.25) is 0 Å². The summed E-state index contributed by atoms with van der Waals surface area (Å²) in [6, 6.07) is 23.4. The molecule has 0 fully saturated rings. The highest BCUT2D eigenvalue weighted by atomic mass is 32.2. The van der Waals surface area contributed by atoms with Gasteiger partial charge in [0, 0.05) is 18.2 Å². The lowest BCUT2D eigenvalue weighted by molar-refractivity contribution is -0.141. The van der Waals surface area contributed by atoms with E-state index >= 15 is 0 Å². The van der Waals surface area contributed by atoms with Crippen LogP contribution in [0.1, 0.15) is 17.0 Å². The summed E-state index contributed by atoms with van der Waals surface area (Å²) >= 11 is 0.797. The molecular weight excluding hydrogens is 489 g/mol. The Morgan fingerprint density at radius 3 is 2.39 bits per heavy atom. The third kappa shape index (κ3) is 6.40. The monoisotopic (exact) mass is 506 g/mol. The van der Waals surface area contributed by atoms with Crippen molar-refractivity contribution in [2.24, 2.45) is 0 Å². The fourth-order valence-electron chi connectivity index (χ4n) is 3.09. The van der Waals surface area contributed by atoms with Crippen molar-refractivity contribution in [1.29, 1.82) is 5.26 Å². The van der Waals surface area contributed by atoms with Crippen LogP contribution in [0.25, 0.3) is 17.3 Å². The molecule has 2 aromatic heterocycles. The first-order chi connectivity index (χ1) is 17.3. The summed E-state index contributed by atoms with van der Waals surface area (Å²) in [5.41, 5.74) is 0.242. The van der Waals surface area contributed by atoms with E-state index in [-0.39, 0.29) is 33.8 Å². The van der Waals surface area contributed by atoms with E-state index in [9.17, 15) is 23.2 Å². The number of nitriles is 1. The van der Waals surface area contributed by atoms with Crippen LogP contribution in [0.4, 0.5) is 13.2 Å². The number of rotatable bonds is 7. The molecule has 36 heavy (non-hydrogen) atoms. The Morgan fingerprint density at radius 1 is 1.03 bits per heavy atom. The first kappa shape index (κ1) is 24.8. The third-order valence-corrected chi connectivity index (χ3v) is 5.59. The third-order valence-electron chi connectivity index (χ3n) is 4.81. The number of furan rings is 1. The van der Waals surface area contributed by atoms with Gasteiger partial charge in [0.05, 0.1) is 5.69 Å². The fraction of sp³-hybridized carbons (Fsp3) is 0.0769. The Morgan fingerprint density at radius 2 is 1.72 bits per heavy atom. The van der Waals surface area contributed by atoms with E-state index in [1.54, 1.807) is 30.3 Å². The summed E-state index contributed by atoms with van der Waals surface area (Å²) in [5.74, 6) is -0.403. The minimum absolute atomic E-state index is 0.119. The van der Waals surface area contributed by atoms with E-state index in [1.165, 1.54) is 18.2 Å². The standard InChI is InChI=1S/C26H17F3N4O2S/c27-26(28,29)22-14-21(18-9-5-2-6-10-18)32-25(33-22)36-23-12-11-20(35-23)13-19(15-30)24(34)31-16-17-7-3-1-4-8-17/h1-14H,16H2,(H,31,34)/b19-13+. The molecule has 180 valence electrons. The number of nitrogens with one attached hydrogen (secondary N) is 1. The highest BCUT2D eigenvalue weighted by molar-refractivity contribution is 7.99. The lowest BCUT2D eigenvalue weighted by Crippen LogP contribution is -2.23. The van der Waals surface area contributed by atoms with Gasteiger partial charge in [-0.3, -0.25) is 4.79 Å². The summed E-state index contributed by atoms with van der Waals surface area (Å²) in [4.78, 5) is 20.2. The van der Waals surface area contributed by atoms with Crippen molar-refractivity contribution in [1.82, 2.24) is 15.3 Å². The van der Waals surface area contributed by atoms with Crippen LogP contribution in [0, 0.1) is 11.3 Å². The number of aromatic nitrogens is 2. The maximum absolute atomic E-state index is 13.4. The largest absolute Gasteiger partial charge is 0.450 e. The predicted octanol–water partition coefficient (Wildman–Crippen LogP) is 6.13. The summed E-state index contributed by atoms with van der Waals surface area (Å²) in [5, 5.41) is 12.1. The van der Waals surface area contributed by atoms with E-state index in [0.29, 0.717) is 5.56 Å². The zero-order valence-corrected chi connectivity index (χ0v) is 19.3. The molecule has 0 spiro atoms. The Hall–Kier alpha value is -4.36. The van der Waals surface area contributed by atoms with Gasteiger partial charge in [0.15, 0.2) is 10.2 Å². The van der Waals surface area contributed by atoms with Crippen LogP contribution in [0.3, 0.4) is 0 Å². The molecule has 0 bridgehead atoms. The minimum atomic E-state index is -4.66. The summed E-state index contributed by atoms with van der Waals surface area (Å²) in [6.07, 6.45) is -3.40. The molecule has 4 rings (SSSR count). The van der Waals surface area contributed by atoms with Crippen molar-refractivity contribution in [2.75, 3.05) is 0 Å². The predicted molar refractivity (Wildman–Crippen MR) is 127 cm³/mol. The average Bonchev–Trinajstić information content (AvgIpc) is 3.33. The van der Waals surface area contributed by atoms with E-state index in [0.717, 1.165) is 23.4 Å². The maximum Gasteiger partial charge on any atom is 0.433 e. The number of hydrogen-bond acceptors (Lipinski definition) is 6. The normalized spacial score (nSPS) is 11.7. The summed E-state index contributed by atoms with van der Waals surface area (Å²) in [6.45, 7) is 0.245. The molecule has 2 aromatic carbocycles. The molecule has 0 radical (unpaired) electrons. The molecule has 0 saturated heterocycles. The van der Waals surface area contributed by atoms with E-state index in [1.807, 2.05) is 36.4 Å². The van der Waals surface area contributed by atoms with Crippen molar-refractivity contribution in [3.63, 3.8) is 0 Å². The van der Waals surface area contributed by atoms with Crippen LogP contribution in [0.5, 0.6) is 0 Å². The quantitative estimate of drug-likeness (QED) is 0.184. The summed E-state index contributed by atoms with van der Waals surface area (Å²) in [7, 11) is 0. The van der Waals surface area contributed by atoms with Gasteiger partial charge in [-0.1, -0.05) is 60.7 Å². The number of hydrogen-bond donors (Lipinski definition) is 1. The van der Waals surface area contributed by atoms with Crippen LogP contribution < -0.4 is 5.32 Å². The van der Waals surface area contributed by atoms with Crippen molar-refractivity contribution in [3.8, 4) is 17.3 Å². The smallest absolute Gasteiger partial charge is 0.433 e. The van der Waals surface area contributed by atoms with Crippen molar-refractivity contribution >= 4 is 23.7 Å². The molecule has 0 atom stereocenters. The molecule has 0 aliphatic rings. The molecular formula is C26H17F3N4O2S. The SMILES string of the molecule is N#C/C(=C\c1ccc(Sc2nc(-c3ccccc3)cc(C(F)(F)F)n2)o1)C(=O)NCc1ccccc1. The molecule has 0 aliphatic heterocycles. The average molecular weight is 507 g/mol. The van der Waals surface area contributed by atoms with Gasteiger partial charge in [0.25, 0.3) is 5.91 Å². The fourth-order valence-corrected chi connectivity index (χ4v) is 3.84. The number of amides is 1. The number of benzene rings is 2. The lowest BCUT2D eigenvalue weighted by atomic mass is 10.1. The lowest BCUT2D eigenvalue weighted by Gasteiger charge is -2.10. The molecule has 2 heterocycles. The zero-order chi connectivity index (χ0) is 25.5. The van der Waals surface area contributed by atoms with Crippen molar-refractivity contribution < 1.29 is 22.4 Å². The van der Waals surface area contributed by atoms with Crippen LogP contribution >= 0.6 is 11.8 Å². The van der Waals surface area contributed by atoms with Gasteiger partial charge < -0.3 is 9.73 Å². The second kappa shape index (κ2) is 10.9. The van der Waals surface area contributed by atoms with E-state index in [2.05, 4.69) is 15.3 Å². The molecule has 1 N–H and O–H groups in total. The molecule has 0 saturated carbocycles. The molecule has 6 nitrogen and oxygen atoms in total. The molecule has 4 aromatic rings. The van der Waals surface area contributed by atoms with Crippen LogP contribution in [0.15, 0.2) is 99.1 Å². The first-order valence-electron chi connectivity index (χ1n) is 10.5. The van der Waals surface area contributed by atoms with Gasteiger partial charge in [-0.25, -0.2) is 9.97 Å². The van der Waals surface area contributed by atoms with Crippen molar-refractivity contribution in [2.45, 2.75) is 23.0 Å². The Labute approximate surface area is 208 Å². The molecule has 10 heteroatoms. The number of halogens is 3. The molecule has 0 unspecified atom stereocenters. The van der Waals surface area contributed by atoms with Gasteiger partial charge in [-0.15, -0.1) is 0 Å². The maximum atomic E-state index is 13.4. The number of alkyl halides is 3. The molecule has 1 amide bonds. The first-order valence-corrected chi connectivity index (χ1v) is 11.4. The van der Waals surface area contributed by atoms with Gasteiger partial charge in [0.2, 0.25) is 0 Å². The van der Waals surface area contributed by atoms with Crippen molar-refractivity contribution in [3.05, 3.63) is 101 Å². The second-order valence-corrected chi connectivity index (χ2v) is 8.35. The second-order valence-electron chi connectivity index (χ2n) is 7.38. The zero-order valence-electron chi connectivity index (χ0n) is 18.5. The van der Waals surface area contributed by atoms with Gasteiger partial charge >= 0.3 is 6.18 Å². The highest BCUT2D eigenvalue weighted by Crippen LogP contribution is 2.34. The number of carbonyl (C=O) groups excluding carboxylic acids is 1. The summed E-state index contributed by atoms with van der Waals surface area (Å²) < 4.78 is 45.9. The van der Waals surface area contributed by atoms with Gasteiger partial charge in [-0.05, 0) is 35.5 Å². The van der Waals surface area contributed by atoms with Crippen LogP contribution in [-0.2, 0) is 17.5 Å². The number of carbonyl (C=O) groups is 1. The van der Waals surface area contributed by atoms with E-state index in [4.69, 9.17) is 4.42 Å². The van der Waals surface area contributed by atoms with Gasteiger partial charge in [-0.2, -0.15) is 18.4 Å². The Balaban J connectivity index is 1.52.